The van der Waals surface area contributed by atoms with E-state index in [4.69, 9.17) is 4.74 Å². The molecule has 0 aliphatic heterocycles. The van der Waals surface area contributed by atoms with Crippen molar-refractivity contribution in [3.8, 4) is 5.88 Å². The zero-order valence-electron chi connectivity index (χ0n) is 13.8. The molecule has 1 aromatic carbocycles. The second kappa shape index (κ2) is 8.04. The number of benzene rings is 1. The van der Waals surface area contributed by atoms with Gasteiger partial charge in [-0.05, 0) is 35.9 Å². The Morgan fingerprint density at radius 2 is 1.96 bits per heavy atom. The van der Waals surface area contributed by atoms with Crippen LogP contribution >= 0.6 is 0 Å². The van der Waals surface area contributed by atoms with E-state index in [1.165, 1.54) is 14.2 Å². The van der Waals surface area contributed by atoms with Crippen molar-refractivity contribution in [2.24, 2.45) is 0 Å². The second-order valence-corrected chi connectivity index (χ2v) is 7.24. The van der Waals surface area contributed by atoms with E-state index in [1.807, 2.05) is 0 Å². The van der Waals surface area contributed by atoms with Crippen LogP contribution in [-0.4, -0.2) is 44.3 Å². The highest BCUT2D eigenvalue weighted by molar-refractivity contribution is 7.89. The van der Waals surface area contributed by atoms with Gasteiger partial charge in [-0.2, -0.15) is 4.31 Å². The summed E-state index contributed by atoms with van der Waals surface area (Å²) in [5, 5.41) is 2.63. The summed E-state index contributed by atoms with van der Waals surface area (Å²) < 4.78 is 43.5. The van der Waals surface area contributed by atoms with Gasteiger partial charge < -0.3 is 10.1 Å². The first-order chi connectivity index (χ1) is 11.8. The van der Waals surface area contributed by atoms with Crippen molar-refractivity contribution in [1.29, 1.82) is 0 Å². The summed E-state index contributed by atoms with van der Waals surface area (Å²) in [7, 11) is -1.10. The number of carbonyl (C=O) groups is 1. The molecule has 0 saturated heterocycles. The largest absolute Gasteiger partial charge is 0.481 e. The Bertz CT molecular complexity index is 841. The molecule has 0 radical (unpaired) electrons. The lowest BCUT2D eigenvalue weighted by Gasteiger charge is -2.17. The molecule has 0 bridgehead atoms. The van der Waals surface area contributed by atoms with Crippen LogP contribution in [0.15, 0.2) is 47.5 Å². The number of rotatable bonds is 7. The maximum Gasteiger partial charge on any atom is 0.243 e. The normalized spacial score (nSPS) is 11.4. The number of ether oxygens (including phenoxy) is 1. The average Bonchev–Trinajstić information content (AvgIpc) is 2.60. The summed E-state index contributed by atoms with van der Waals surface area (Å²) >= 11 is 0. The van der Waals surface area contributed by atoms with E-state index in [2.05, 4.69) is 10.3 Å². The number of likely N-dealkylation sites (N-methyl/N-ethyl adjacent to an activating group) is 1. The molecule has 0 saturated carbocycles. The summed E-state index contributed by atoms with van der Waals surface area (Å²) in [6.07, 6.45) is 1.55. The third-order valence-electron chi connectivity index (χ3n) is 3.39. The zero-order chi connectivity index (χ0) is 18.4. The van der Waals surface area contributed by atoms with Crippen LogP contribution in [-0.2, 0) is 21.4 Å². The van der Waals surface area contributed by atoms with Gasteiger partial charge in [0.15, 0.2) is 0 Å². The molecule has 7 nitrogen and oxygen atoms in total. The van der Waals surface area contributed by atoms with Gasteiger partial charge in [0, 0.05) is 25.9 Å². The Labute approximate surface area is 145 Å². The van der Waals surface area contributed by atoms with Crippen LogP contribution in [0.1, 0.15) is 5.56 Å². The topological polar surface area (TPSA) is 88.6 Å². The van der Waals surface area contributed by atoms with E-state index < -0.39 is 21.7 Å². The summed E-state index contributed by atoms with van der Waals surface area (Å²) in [4.78, 5) is 15.9. The highest BCUT2D eigenvalue weighted by atomic mass is 32.2. The van der Waals surface area contributed by atoms with Crippen LogP contribution in [0.5, 0.6) is 5.88 Å². The highest BCUT2D eigenvalue weighted by Crippen LogP contribution is 2.14. The standard InChI is InChI=1S/C16H18FN3O4S/c1-20(25(22,23)14-5-3-13(17)4-6-14)11-15(21)19-10-12-7-8-18-16(9-12)24-2/h3-9H,10-11H2,1-2H3,(H,19,21). The van der Waals surface area contributed by atoms with Crippen LogP contribution in [0.3, 0.4) is 0 Å². The number of amides is 1. The van der Waals surface area contributed by atoms with Gasteiger partial charge in [0.1, 0.15) is 5.82 Å². The lowest BCUT2D eigenvalue weighted by Crippen LogP contribution is -2.38. The Morgan fingerprint density at radius 3 is 2.60 bits per heavy atom. The van der Waals surface area contributed by atoms with Crippen molar-refractivity contribution in [3.05, 3.63) is 54.0 Å². The van der Waals surface area contributed by atoms with Gasteiger partial charge >= 0.3 is 0 Å². The molecule has 1 heterocycles. The van der Waals surface area contributed by atoms with Crippen molar-refractivity contribution in [2.75, 3.05) is 20.7 Å². The Hall–Kier alpha value is -2.52. The maximum absolute atomic E-state index is 12.9. The van der Waals surface area contributed by atoms with Gasteiger partial charge in [-0.25, -0.2) is 17.8 Å². The number of pyridine rings is 1. The Balaban J connectivity index is 1.96. The van der Waals surface area contributed by atoms with E-state index in [9.17, 15) is 17.6 Å². The molecule has 0 atom stereocenters. The monoisotopic (exact) mass is 367 g/mol. The maximum atomic E-state index is 12.9. The molecule has 1 N–H and O–H groups in total. The summed E-state index contributed by atoms with van der Waals surface area (Å²) in [6.45, 7) is -0.149. The molecule has 25 heavy (non-hydrogen) atoms. The Morgan fingerprint density at radius 1 is 1.28 bits per heavy atom. The summed E-state index contributed by atoms with van der Waals surface area (Å²) in [5.41, 5.74) is 0.768. The SMILES string of the molecule is COc1cc(CNC(=O)CN(C)S(=O)(=O)c2ccc(F)cc2)ccn1. The molecular formula is C16H18FN3O4S. The quantitative estimate of drug-likeness (QED) is 0.794. The minimum Gasteiger partial charge on any atom is -0.481 e. The third-order valence-corrected chi connectivity index (χ3v) is 5.20. The van der Waals surface area contributed by atoms with E-state index in [-0.39, 0.29) is 18.0 Å². The van der Waals surface area contributed by atoms with E-state index >= 15 is 0 Å². The predicted molar refractivity (Wildman–Crippen MR) is 88.9 cm³/mol. The van der Waals surface area contributed by atoms with Crippen molar-refractivity contribution in [2.45, 2.75) is 11.4 Å². The highest BCUT2D eigenvalue weighted by Gasteiger charge is 2.22. The molecule has 1 amide bonds. The van der Waals surface area contributed by atoms with E-state index in [0.29, 0.717) is 5.88 Å². The number of aromatic nitrogens is 1. The van der Waals surface area contributed by atoms with Crippen LogP contribution < -0.4 is 10.1 Å². The van der Waals surface area contributed by atoms with Crippen molar-refractivity contribution in [1.82, 2.24) is 14.6 Å². The minimum atomic E-state index is -3.87. The molecule has 0 fully saturated rings. The van der Waals surface area contributed by atoms with Crippen molar-refractivity contribution in [3.63, 3.8) is 0 Å². The van der Waals surface area contributed by atoms with Gasteiger partial charge in [-0.1, -0.05) is 0 Å². The van der Waals surface area contributed by atoms with Crippen LogP contribution in [0.25, 0.3) is 0 Å². The number of sulfonamides is 1. The molecule has 0 unspecified atom stereocenters. The third kappa shape index (κ3) is 4.97. The number of hydrogen-bond donors (Lipinski definition) is 1. The van der Waals surface area contributed by atoms with Gasteiger partial charge in [0.25, 0.3) is 0 Å². The second-order valence-electron chi connectivity index (χ2n) is 5.20. The van der Waals surface area contributed by atoms with E-state index in [1.54, 1.807) is 18.3 Å². The number of carbonyl (C=O) groups excluding carboxylic acids is 1. The summed E-state index contributed by atoms with van der Waals surface area (Å²) in [5.74, 6) is -0.584. The smallest absolute Gasteiger partial charge is 0.243 e. The first-order valence-electron chi connectivity index (χ1n) is 7.30. The molecule has 0 aliphatic rings. The molecule has 0 aliphatic carbocycles. The zero-order valence-corrected chi connectivity index (χ0v) is 14.6. The first-order valence-corrected chi connectivity index (χ1v) is 8.74. The number of hydrogen-bond acceptors (Lipinski definition) is 5. The number of halogens is 1. The Kier molecular flexibility index (Phi) is 6.05. The predicted octanol–water partition coefficient (Wildman–Crippen LogP) is 1.17. The van der Waals surface area contributed by atoms with E-state index in [0.717, 1.165) is 34.1 Å². The number of nitrogens with zero attached hydrogens (tertiary/aromatic N) is 2. The average molecular weight is 367 g/mol. The van der Waals surface area contributed by atoms with Gasteiger partial charge in [0.2, 0.25) is 21.8 Å². The summed E-state index contributed by atoms with van der Waals surface area (Å²) in [6, 6.07) is 7.79. The fourth-order valence-electron chi connectivity index (χ4n) is 2.00. The molecule has 0 spiro atoms. The molecule has 2 aromatic rings. The first kappa shape index (κ1) is 18.8. The fourth-order valence-corrected chi connectivity index (χ4v) is 3.13. The van der Waals surface area contributed by atoms with Crippen LogP contribution in [0, 0.1) is 5.82 Å². The molecular weight excluding hydrogens is 349 g/mol. The van der Waals surface area contributed by atoms with Gasteiger partial charge in [-0.3, -0.25) is 4.79 Å². The molecule has 1 aromatic heterocycles. The molecule has 2 rings (SSSR count). The van der Waals surface area contributed by atoms with Crippen molar-refractivity contribution >= 4 is 15.9 Å². The minimum absolute atomic E-state index is 0.0805. The number of nitrogens with one attached hydrogen (secondary N) is 1. The van der Waals surface area contributed by atoms with Crippen molar-refractivity contribution < 1.29 is 22.3 Å². The number of methoxy groups -OCH3 is 1. The van der Waals surface area contributed by atoms with Crippen LogP contribution in [0.2, 0.25) is 0 Å². The van der Waals surface area contributed by atoms with Gasteiger partial charge in [0.05, 0.1) is 18.6 Å². The van der Waals surface area contributed by atoms with Gasteiger partial charge in [-0.15, -0.1) is 0 Å². The lowest BCUT2D eigenvalue weighted by molar-refractivity contribution is -0.121. The molecule has 134 valence electrons. The molecule has 9 heteroatoms. The fraction of sp³-hybridized carbons (Fsp3) is 0.250. The lowest BCUT2D eigenvalue weighted by atomic mass is 10.2. The van der Waals surface area contributed by atoms with Crippen LogP contribution in [0.4, 0.5) is 4.39 Å².